The maximum Gasteiger partial charge on any atom is 0.414 e. The summed E-state index contributed by atoms with van der Waals surface area (Å²) in [5.41, 5.74) is 4.43. The van der Waals surface area contributed by atoms with E-state index in [1.807, 2.05) is 56.5 Å². The second kappa shape index (κ2) is 11.1. The van der Waals surface area contributed by atoms with Crippen molar-refractivity contribution in [1.82, 2.24) is 10.5 Å². The molecule has 158 valence electrons. The van der Waals surface area contributed by atoms with Crippen molar-refractivity contribution >= 4 is 29.6 Å². The van der Waals surface area contributed by atoms with Crippen LogP contribution in [-0.2, 0) is 9.57 Å². The van der Waals surface area contributed by atoms with E-state index in [2.05, 4.69) is 27.1 Å². The fraction of sp³-hybridized carbons (Fsp3) is 0.450. The number of aliphatic imine (C=N–C) groups is 1. The number of nitrogens with zero attached hydrogens (tertiary/aromatic N) is 5. The van der Waals surface area contributed by atoms with Crippen molar-refractivity contribution in [2.24, 2.45) is 10.1 Å². The third kappa shape index (κ3) is 5.95. The molecule has 0 aliphatic carbocycles. The Morgan fingerprint density at radius 1 is 1.34 bits per heavy atom. The number of carbonyl (C=O) groups is 1. The number of likely N-dealkylation sites (N-methyl/N-ethyl adjacent to an activating group) is 1. The van der Waals surface area contributed by atoms with Crippen LogP contribution >= 0.6 is 0 Å². The van der Waals surface area contributed by atoms with E-state index >= 15 is 0 Å². The summed E-state index contributed by atoms with van der Waals surface area (Å²) in [5, 5.41) is 6.18. The molecule has 1 amide bonds. The molecule has 3 rings (SSSR count). The number of hydrogen-bond acceptors (Lipinski definition) is 7. The van der Waals surface area contributed by atoms with Crippen molar-refractivity contribution in [3.63, 3.8) is 0 Å². The first kappa shape index (κ1) is 22.2. The van der Waals surface area contributed by atoms with Gasteiger partial charge in [0.1, 0.15) is 18.3 Å². The molecule has 0 bridgehead atoms. The number of hydroxylamine groups is 1. The van der Waals surface area contributed by atoms with E-state index in [4.69, 9.17) is 9.57 Å². The van der Waals surface area contributed by atoms with Gasteiger partial charge in [-0.2, -0.15) is 5.10 Å². The Labute approximate surface area is 172 Å². The molecule has 0 aromatic heterocycles. The number of amidine groups is 1. The van der Waals surface area contributed by atoms with Gasteiger partial charge in [-0.15, -0.1) is 0 Å². The molecule has 1 atom stereocenters. The topological polar surface area (TPSA) is 82.0 Å². The quantitative estimate of drug-likeness (QED) is 0.447. The maximum atomic E-state index is 12.2. The summed E-state index contributed by atoms with van der Waals surface area (Å²) in [4.78, 5) is 25.0. The standard InChI is InChI=1S/C18H24N6O3.C2H6/c1-4-17(21-26-3)19-11-16-12-24(18(25)27-16)15-7-5-14(6-8-15)23-10-9-22(2)20-13-23;1-2/h4-8,13,16H,1,9-12H2,2-3H3,(H,19,21);1-2H3. The van der Waals surface area contributed by atoms with E-state index in [-0.39, 0.29) is 12.2 Å². The molecule has 1 saturated heterocycles. The van der Waals surface area contributed by atoms with Crippen LogP contribution in [0.3, 0.4) is 0 Å². The lowest BCUT2D eigenvalue weighted by Crippen LogP contribution is -2.36. The van der Waals surface area contributed by atoms with Gasteiger partial charge in [-0.25, -0.2) is 10.3 Å². The number of anilines is 2. The minimum absolute atomic E-state index is 0.324. The number of ether oxygens (including phenoxy) is 1. The molecule has 0 saturated carbocycles. The van der Waals surface area contributed by atoms with Gasteiger partial charge in [-0.1, -0.05) is 20.4 Å². The predicted molar refractivity (Wildman–Crippen MR) is 117 cm³/mol. The lowest BCUT2D eigenvalue weighted by Gasteiger charge is -2.27. The second-order valence-corrected chi connectivity index (χ2v) is 6.17. The minimum Gasteiger partial charge on any atom is -0.442 e. The molecule has 9 nitrogen and oxygen atoms in total. The van der Waals surface area contributed by atoms with Crippen molar-refractivity contribution in [1.29, 1.82) is 0 Å². The molecule has 0 radical (unpaired) electrons. The lowest BCUT2D eigenvalue weighted by atomic mass is 10.2. The highest BCUT2D eigenvalue weighted by Gasteiger charge is 2.32. The number of benzene rings is 1. The zero-order valence-electron chi connectivity index (χ0n) is 17.5. The zero-order valence-corrected chi connectivity index (χ0v) is 17.5. The SMILES string of the molecule is C=CC(=NCC1CN(c2ccc(N3C=NN(C)CC3)cc2)C(=O)O1)NOC.CC. The van der Waals surface area contributed by atoms with Gasteiger partial charge in [0.2, 0.25) is 0 Å². The molecule has 1 N–H and O–H groups in total. The third-order valence-corrected chi connectivity index (χ3v) is 4.29. The van der Waals surface area contributed by atoms with Crippen LogP contribution < -0.4 is 15.3 Å². The molecule has 1 aromatic carbocycles. The van der Waals surface area contributed by atoms with Crippen LogP contribution in [0.15, 0.2) is 47.0 Å². The average Bonchev–Trinajstić information content (AvgIpc) is 3.14. The molecular weight excluding hydrogens is 372 g/mol. The monoisotopic (exact) mass is 402 g/mol. The molecule has 1 aromatic rings. The first-order valence-corrected chi connectivity index (χ1v) is 9.66. The lowest BCUT2D eigenvalue weighted by molar-refractivity contribution is 0.140. The number of hydrazone groups is 1. The van der Waals surface area contributed by atoms with Crippen LogP contribution in [0.1, 0.15) is 13.8 Å². The molecule has 1 unspecified atom stereocenters. The number of nitrogens with one attached hydrogen (secondary N) is 1. The zero-order chi connectivity index (χ0) is 21.2. The molecule has 29 heavy (non-hydrogen) atoms. The molecule has 2 aliphatic heterocycles. The second-order valence-electron chi connectivity index (χ2n) is 6.17. The van der Waals surface area contributed by atoms with Crippen LogP contribution in [0.2, 0.25) is 0 Å². The van der Waals surface area contributed by atoms with Crippen molar-refractivity contribution in [3.05, 3.63) is 36.9 Å². The number of carbonyl (C=O) groups excluding carboxylic acids is 1. The van der Waals surface area contributed by atoms with Crippen molar-refractivity contribution in [2.45, 2.75) is 20.0 Å². The molecule has 2 heterocycles. The molecule has 2 aliphatic rings. The first-order chi connectivity index (χ1) is 14.1. The Bertz CT molecular complexity index is 734. The van der Waals surface area contributed by atoms with Crippen LogP contribution in [0.5, 0.6) is 0 Å². The number of cyclic esters (lactones) is 1. The Kier molecular flexibility index (Phi) is 8.47. The van der Waals surface area contributed by atoms with Gasteiger partial charge in [0.25, 0.3) is 0 Å². The van der Waals surface area contributed by atoms with E-state index in [1.165, 1.54) is 7.11 Å². The summed E-state index contributed by atoms with van der Waals surface area (Å²) in [6.07, 6.45) is 2.65. The van der Waals surface area contributed by atoms with Gasteiger partial charge in [0.05, 0.1) is 26.7 Å². The molecular formula is C20H30N6O3. The third-order valence-electron chi connectivity index (χ3n) is 4.29. The minimum atomic E-state index is -0.371. The van der Waals surface area contributed by atoms with Crippen molar-refractivity contribution < 1.29 is 14.4 Å². The smallest absolute Gasteiger partial charge is 0.414 e. The fourth-order valence-corrected chi connectivity index (χ4v) is 2.81. The van der Waals surface area contributed by atoms with E-state index in [1.54, 1.807) is 11.0 Å². The highest BCUT2D eigenvalue weighted by molar-refractivity contribution is 5.92. The van der Waals surface area contributed by atoms with Gasteiger partial charge in [-0.3, -0.25) is 19.7 Å². The highest BCUT2D eigenvalue weighted by Crippen LogP contribution is 2.25. The molecule has 9 heteroatoms. The number of rotatable bonds is 6. The maximum absolute atomic E-state index is 12.2. The molecule has 1 fully saturated rings. The summed E-state index contributed by atoms with van der Waals surface area (Å²) in [7, 11) is 3.44. The Morgan fingerprint density at radius 2 is 2.03 bits per heavy atom. The Balaban J connectivity index is 0.00000145. The first-order valence-electron chi connectivity index (χ1n) is 9.66. The van der Waals surface area contributed by atoms with Gasteiger partial charge in [0.15, 0.2) is 0 Å². The number of amides is 1. The fourth-order valence-electron chi connectivity index (χ4n) is 2.81. The summed E-state index contributed by atoms with van der Waals surface area (Å²) >= 11 is 0. The summed E-state index contributed by atoms with van der Waals surface area (Å²) in [6, 6.07) is 7.78. The van der Waals surface area contributed by atoms with Crippen molar-refractivity contribution in [2.75, 3.05) is 50.1 Å². The van der Waals surface area contributed by atoms with Gasteiger partial charge >= 0.3 is 6.09 Å². The summed E-state index contributed by atoms with van der Waals surface area (Å²) in [6.45, 7) is 10.1. The van der Waals surface area contributed by atoms with Crippen LogP contribution in [0.25, 0.3) is 0 Å². The van der Waals surface area contributed by atoms with E-state index in [9.17, 15) is 4.79 Å². The van der Waals surface area contributed by atoms with Gasteiger partial charge < -0.3 is 9.64 Å². The van der Waals surface area contributed by atoms with E-state index in [0.717, 1.165) is 24.5 Å². The normalized spacial score (nSPS) is 18.9. The van der Waals surface area contributed by atoms with Gasteiger partial charge in [0, 0.05) is 25.0 Å². The largest absolute Gasteiger partial charge is 0.442 e. The van der Waals surface area contributed by atoms with Crippen LogP contribution in [-0.4, -0.2) is 69.7 Å². The van der Waals surface area contributed by atoms with Crippen molar-refractivity contribution in [3.8, 4) is 0 Å². The van der Waals surface area contributed by atoms with Crippen LogP contribution in [0.4, 0.5) is 16.2 Å². The highest BCUT2D eigenvalue weighted by atomic mass is 16.6. The average molecular weight is 402 g/mol. The number of hydrogen-bond donors (Lipinski definition) is 1. The summed E-state index contributed by atoms with van der Waals surface area (Å²) < 4.78 is 5.40. The van der Waals surface area contributed by atoms with E-state index < -0.39 is 0 Å². The van der Waals surface area contributed by atoms with Gasteiger partial charge in [-0.05, 0) is 30.3 Å². The Hall–Kier alpha value is -3.07. The summed E-state index contributed by atoms with van der Waals surface area (Å²) in [5.74, 6) is 0.491. The van der Waals surface area contributed by atoms with E-state index in [0.29, 0.717) is 18.9 Å². The van der Waals surface area contributed by atoms with Crippen LogP contribution in [0, 0.1) is 0 Å². The predicted octanol–water partition coefficient (Wildman–Crippen LogP) is 2.47. The Morgan fingerprint density at radius 3 is 2.62 bits per heavy atom. The molecule has 0 spiro atoms.